The topological polar surface area (TPSA) is 66.6 Å². The lowest BCUT2D eigenvalue weighted by Crippen LogP contribution is -2.40. The van der Waals surface area contributed by atoms with E-state index in [4.69, 9.17) is 10.8 Å². The van der Waals surface area contributed by atoms with Gasteiger partial charge < -0.3 is 15.7 Å². The molecule has 118 valence electrons. The normalized spacial score (nSPS) is 22.8. The quantitative estimate of drug-likeness (QED) is 0.638. The molecule has 0 aliphatic heterocycles. The molecular formula is C16H32N2O2. The van der Waals surface area contributed by atoms with Crippen molar-refractivity contribution in [1.82, 2.24) is 4.90 Å². The van der Waals surface area contributed by atoms with E-state index in [0.717, 1.165) is 45.2 Å². The maximum atomic E-state index is 12.5. The lowest BCUT2D eigenvalue weighted by atomic mass is 9.81. The van der Waals surface area contributed by atoms with E-state index in [1.54, 1.807) is 0 Å². The molecule has 0 unspecified atom stereocenters. The molecular weight excluding hydrogens is 252 g/mol. The van der Waals surface area contributed by atoms with Crippen LogP contribution in [0.1, 0.15) is 58.3 Å². The van der Waals surface area contributed by atoms with Crippen molar-refractivity contribution < 1.29 is 9.90 Å². The fraction of sp³-hybridized carbons (Fsp3) is 0.938. The number of nitrogens with two attached hydrogens (primary N) is 1. The number of amides is 1. The highest BCUT2D eigenvalue weighted by Crippen LogP contribution is 2.29. The Kier molecular flexibility index (Phi) is 8.86. The minimum atomic E-state index is 0.0671. The van der Waals surface area contributed by atoms with Gasteiger partial charge >= 0.3 is 0 Å². The average Bonchev–Trinajstić information content (AvgIpc) is 2.50. The number of nitrogens with zero attached hydrogens (tertiary/aromatic N) is 1. The third-order valence-corrected chi connectivity index (χ3v) is 4.49. The summed E-state index contributed by atoms with van der Waals surface area (Å²) in [5.74, 6) is 1.02. The SMILES string of the molecule is CCCCCCN(CCO)C(=O)C1CCC(CN)CC1. The first-order valence-corrected chi connectivity index (χ1v) is 8.32. The molecule has 0 aromatic rings. The Morgan fingerprint density at radius 2 is 1.85 bits per heavy atom. The monoisotopic (exact) mass is 284 g/mol. The highest BCUT2D eigenvalue weighted by molar-refractivity contribution is 5.78. The summed E-state index contributed by atoms with van der Waals surface area (Å²) >= 11 is 0. The predicted molar refractivity (Wildman–Crippen MR) is 82.3 cm³/mol. The minimum Gasteiger partial charge on any atom is -0.395 e. The second-order valence-electron chi connectivity index (χ2n) is 6.06. The van der Waals surface area contributed by atoms with Crippen LogP contribution in [0.25, 0.3) is 0 Å². The lowest BCUT2D eigenvalue weighted by molar-refractivity contribution is -0.137. The number of carbonyl (C=O) groups excluding carboxylic acids is 1. The Morgan fingerprint density at radius 1 is 1.15 bits per heavy atom. The number of carbonyl (C=O) groups is 1. The van der Waals surface area contributed by atoms with Crippen LogP contribution >= 0.6 is 0 Å². The van der Waals surface area contributed by atoms with Gasteiger partial charge in [-0.05, 0) is 44.6 Å². The largest absolute Gasteiger partial charge is 0.395 e. The Morgan fingerprint density at radius 3 is 2.40 bits per heavy atom. The molecule has 1 amide bonds. The summed E-state index contributed by atoms with van der Waals surface area (Å²) in [4.78, 5) is 14.4. The number of hydrogen-bond donors (Lipinski definition) is 2. The van der Waals surface area contributed by atoms with Gasteiger partial charge in [0.15, 0.2) is 0 Å². The van der Waals surface area contributed by atoms with Crippen LogP contribution in [-0.4, -0.2) is 42.2 Å². The first kappa shape index (κ1) is 17.4. The molecule has 4 heteroatoms. The fourth-order valence-electron chi connectivity index (χ4n) is 3.09. The number of rotatable bonds is 9. The summed E-state index contributed by atoms with van der Waals surface area (Å²) in [5, 5.41) is 9.16. The molecule has 0 radical (unpaired) electrons. The van der Waals surface area contributed by atoms with Crippen molar-refractivity contribution in [3.8, 4) is 0 Å². The van der Waals surface area contributed by atoms with Crippen LogP contribution in [0.15, 0.2) is 0 Å². The van der Waals surface area contributed by atoms with E-state index in [0.29, 0.717) is 12.5 Å². The molecule has 0 aromatic carbocycles. The molecule has 20 heavy (non-hydrogen) atoms. The van der Waals surface area contributed by atoms with Gasteiger partial charge in [0.05, 0.1) is 6.61 Å². The van der Waals surface area contributed by atoms with E-state index in [9.17, 15) is 4.79 Å². The Bertz CT molecular complexity index is 263. The van der Waals surface area contributed by atoms with Gasteiger partial charge in [0.1, 0.15) is 0 Å². The summed E-state index contributed by atoms with van der Waals surface area (Å²) in [6.07, 6.45) is 8.75. The third kappa shape index (κ3) is 5.80. The second kappa shape index (κ2) is 10.2. The van der Waals surface area contributed by atoms with Gasteiger partial charge in [-0.1, -0.05) is 26.2 Å². The predicted octanol–water partition coefficient (Wildman–Crippen LogP) is 2.15. The van der Waals surface area contributed by atoms with E-state index in [1.165, 1.54) is 19.3 Å². The molecule has 0 aromatic heterocycles. The molecule has 0 atom stereocenters. The Hall–Kier alpha value is -0.610. The molecule has 0 bridgehead atoms. The van der Waals surface area contributed by atoms with Crippen molar-refractivity contribution in [2.45, 2.75) is 58.3 Å². The molecule has 1 saturated carbocycles. The third-order valence-electron chi connectivity index (χ3n) is 4.49. The van der Waals surface area contributed by atoms with Crippen molar-refractivity contribution >= 4 is 5.91 Å². The number of aliphatic hydroxyl groups excluding tert-OH is 1. The Labute approximate surface area is 123 Å². The maximum absolute atomic E-state index is 12.5. The summed E-state index contributed by atoms with van der Waals surface area (Å²) in [6.45, 7) is 4.29. The van der Waals surface area contributed by atoms with E-state index in [2.05, 4.69) is 6.92 Å². The molecule has 4 nitrogen and oxygen atoms in total. The second-order valence-corrected chi connectivity index (χ2v) is 6.06. The molecule has 1 fully saturated rings. The van der Waals surface area contributed by atoms with Crippen LogP contribution in [0.3, 0.4) is 0 Å². The maximum Gasteiger partial charge on any atom is 0.225 e. The van der Waals surface area contributed by atoms with Gasteiger partial charge in [-0.3, -0.25) is 4.79 Å². The smallest absolute Gasteiger partial charge is 0.225 e. The molecule has 0 saturated heterocycles. The number of aliphatic hydroxyl groups is 1. The van der Waals surface area contributed by atoms with Crippen molar-refractivity contribution in [2.24, 2.45) is 17.6 Å². The zero-order chi connectivity index (χ0) is 14.8. The zero-order valence-electron chi connectivity index (χ0n) is 13.0. The first-order chi connectivity index (χ1) is 9.72. The average molecular weight is 284 g/mol. The van der Waals surface area contributed by atoms with Crippen LogP contribution < -0.4 is 5.73 Å². The van der Waals surface area contributed by atoms with Crippen LogP contribution in [0, 0.1) is 11.8 Å². The van der Waals surface area contributed by atoms with Gasteiger partial charge in [-0.15, -0.1) is 0 Å². The lowest BCUT2D eigenvalue weighted by Gasteiger charge is -2.31. The molecule has 0 heterocycles. The molecule has 1 aliphatic rings. The van der Waals surface area contributed by atoms with E-state index in [-0.39, 0.29) is 18.4 Å². The van der Waals surface area contributed by atoms with E-state index >= 15 is 0 Å². The van der Waals surface area contributed by atoms with Crippen LogP contribution in [0.5, 0.6) is 0 Å². The summed E-state index contributed by atoms with van der Waals surface area (Å²) in [7, 11) is 0. The van der Waals surface area contributed by atoms with E-state index < -0.39 is 0 Å². The number of unbranched alkanes of at least 4 members (excludes halogenated alkanes) is 3. The highest BCUT2D eigenvalue weighted by atomic mass is 16.3. The molecule has 3 N–H and O–H groups in total. The summed E-state index contributed by atoms with van der Waals surface area (Å²) < 4.78 is 0. The van der Waals surface area contributed by atoms with Gasteiger partial charge in [-0.2, -0.15) is 0 Å². The van der Waals surface area contributed by atoms with Crippen molar-refractivity contribution in [1.29, 1.82) is 0 Å². The van der Waals surface area contributed by atoms with Crippen LogP contribution in [0.4, 0.5) is 0 Å². The van der Waals surface area contributed by atoms with Crippen molar-refractivity contribution in [3.05, 3.63) is 0 Å². The molecule has 1 aliphatic carbocycles. The van der Waals surface area contributed by atoms with Crippen LogP contribution in [-0.2, 0) is 4.79 Å². The van der Waals surface area contributed by atoms with Crippen molar-refractivity contribution in [2.75, 3.05) is 26.2 Å². The van der Waals surface area contributed by atoms with Gasteiger partial charge in [0, 0.05) is 19.0 Å². The standard InChI is InChI=1S/C16H32N2O2/c1-2-3-4-5-10-18(11-12-19)16(20)15-8-6-14(13-17)7-9-15/h14-15,19H,2-13,17H2,1H3. The Balaban J connectivity index is 2.38. The van der Waals surface area contributed by atoms with Gasteiger partial charge in [0.25, 0.3) is 0 Å². The van der Waals surface area contributed by atoms with E-state index in [1.807, 2.05) is 4.90 Å². The number of hydrogen-bond acceptors (Lipinski definition) is 3. The van der Waals surface area contributed by atoms with Gasteiger partial charge in [-0.25, -0.2) is 0 Å². The van der Waals surface area contributed by atoms with Crippen LogP contribution in [0.2, 0.25) is 0 Å². The summed E-state index contributed by atoms with van der Waals surface area (Å²) in [6, 6.07) is 0. The zero-order valence-corrected chi connectivity index (χ0v) is 13.0. The first-order valence-electron chi connectivity index (χ1n) is 8.32. The molecule has 0 spiro atoms. The van der Waals surface area contributed by atoms with Gasteiger partial charge in [0.2, 0.25) is 5.91 Å². The molecule has 1 rings (SSSR count). The fourth-order valence-corrected chi connectivity index (χ4v) is 3.09. The summed E-state index contributed by atoms with van der Waals surface area (Å²) in [5.41, 5.74) is 5.70. The highest BCUT2D eigenvalue weighted by Gasteiger charge is 2.28. The van der Waals surface area contributed by atoms with Crippen molar-refractivity contribution in [3.63, 3.8) is 0 Å². The minimum absolute atomic E-state index is 0.0671.